The monoisotopic (exact) mass is 525 g/mol. The molecule has 0 saturated heterocycles. The fourth-order valence-corrected chi connectivity index (χ4v) is 7.86. The minimum atomic E-state index is -3.78. The van der Waals surface area contributed by atoms with Crippen LogP contribution in [0.4, 0.5) is 0 Å². The van der Waals surface area contributed by atoms with Crippen molar-refractivity contribution >= 4 is 26.9 Å². The summed E-state index contributed by atoms with van der Waals surface area (Å²) in [7, 11) is -7.79. The van der Waals surface area contributed by atoms with Gasteiger partial charge in [-0.3, -0.25) is 4.57 Å². The van der Waals surface area contributed by atoms with Crippen LogP contribution in [0.2, 0.25) is 18.1 Å². The average Bonchev–Trinajstić information content (AvgIpc) is 2.76. The molecule has 0 radical (unpaired) electrons. The molecule has 34 heavy (non-hydrogen) atoms. The predicted molar refractivity (Wildman–Crippen MR) is 143 cm³/mol. The first kappa shape index (κ1) is 29.1. The maximum absolute atomic E-state index is 14.2. The molecule has 9 heteroatoms. The third kappa shape index (κ3) is 7.44. The molecule has 1 N–H and O–H groups in total. The van der Waals surface area contributed by atoms with E-state index in [4.69, 9.17) is 13.5 Å². The number of nitrogens with one attached hydrogen (secondary N) is 1. The summed E-state index contributed by atoms with van der Waals surface area (Å²) in [6.45, 7) is 16.6. The molecule has 2 aromatic carbocycles. The van der Waals surface area contributed by atoms with Crippen LogP contribution in [0.5, 0.6) is 0 Å². The van der Waals surface area contributed by atoms with E-state index in [2.05, 4.69) is 38.6 Å². The first-order valence-electron chi connectivity index (χ1n) is 11.7. The molecule has 190 valence electrons. The Balaban J connectivity index is 2.63. The number of hydrogen-bond donors (Lipinski definition) is 1. The van der Waals surface area contributed by atoms with Crippen molar-refractivity contribution in [1.82, 2.24) is 4.72 Å². The van der Waals surface area contributed by atoms with Gasteiger partial charge in [-0.2, -0.15) is 0 Å². The van der Waals surface area contributed by atoms with Gasteiger partial charge in [-0.15, -0.1) is 0 Å². The second-order valence-electron chi connectivity index (χ2n) is 9.73. The van der Waals surface area contributed by atoms with E-state index >= 15 is 0 Å². The molecule has 0 aliphatic heterocycles. The third-order valence-corrected chi connectivity index (χ3v) is 14.2. The summed E-state index contributed by atoms with van der Waals surface area (Å²) in [4.78, 5) is 0.578. The van der Waals surface area contributed by atoms with Crippen molar-refractivity contribution in [3.63, 3.8) is 0 Å². The Labute approximate surface area is 209 Å². The minimum Gasteiger partial charge on any atom is -0.408 e. The molecule has 0 amide bonds. The highest BCUT2D eigenvalue weighted by Gasteiger charge is 2.48. The van der Waals surface area contributed by atoms with Gasteiger partial charge in [0.1, 0.15) is 11.0 Å². The molecule has 1 unspecified atom stereocenters. The lowest BCUT2D eigenvalue weighted by Gasteiger charge is -2.42. The Bertz CT molecular complexity index is 969. The quantitative estimate of drug-likeness (QED) is 0.239. The summed E-state index contributed by atoms with van der Waals surface area (Å²) in [5, 5.41) is -0.0953. The van der Waals surface area contributed by atoms with Crippen LogP contribution in [0, 0.1) is 6.92 Å². The Hall–Kier alpha value is -1.12. The zero-order valence-electron chi connectivity index (χ0n) is 21.7. The third-order valence-electron chi connectivity index (χ3n) is 6.06. The summed E-state index contributed by atoms with van der Waals surface area (Å²) >= 11 is 0. The van der Waals surface area contributed by atoms with Crippen LogP contribution in [-0.4, -0.2) is 31.5 Å². The van der Waals surface area contributed by atoms with E-state index in [0.29, 0.717) is 4.90 Å². The molecule has 0 bridgehead atoms. The van der Waals surface area contributed by atoms with Crippen LogP contribution in [0.3, 0.4) is 0 Å². The minimum absolute atomic E-state index is 0.0953. The van der Waals surface area contributed by atoms with Gasteiger partial charge >= 0.3 is 7.60 Å². The summed E-state index contributed by atoms with van der Waals surface area (Å²) in [6, 6.07) is 17.0. The van der Waals surface area contributed by atoms with Crippen LogP contribution in [0.25, 0.3) is 0 Å². The largest absolute Gasteiger partial charge is 0.408 e. The van der Waals surface area contributed by atoms with Gasteiger partial charge in [0, 0.05) is 0 Å². The number of benzene rings is 2. The van der Waals surface area contributed by atoms with Gasteiger partial charge < -0.3 is 13.5 Å². The van der Waals surface area contributed by atoms with Crippen molar-refractivity contribution in [3.05, 3.63) is 65.7 Å². The standard InChI is InChI=1S/C25H40NO5PSSi/c1-9-29-32(27,30-10-2)24(26-33(28)22-18-16-20(3)17-19-22)23(21-14-12-11-13-15-21)31-34(7,8)25(4,5)6/h11-19,23-24,26H,9-10H2,1-8H3/t23-,24-,33?/m0/s1. The molecule has 0 fully saturated rings. The first-order chi connectivity index (χ1) is 15.8. The highest BCUT2D eigenvalue weighted by atomic mass is 32.2. The summed E-state index contributed by atoms with van der Waals surface area (Å²) in [5.74, 6) is -0.980. The molecule has 0 aliphatic rings. The second kappa shape index (κ2) is 12.2. The SMILES string of the molecule is CCOP(=O)(OCC)[C@H](NS(=O)c1ccc(C)cc1)[C@@H](O[Si](C)(C)C(C)(C)C)c1ccccc1. The molecule has 0 aromatic heterocycles. The van der Waals surface area contributed by atoms with Crippen molar-refractivity contribution < 1.29 is 22.2 Å². The summed E-state index contributed by atoms with van der Waals surface area (Å²) < 4.78 is 49.1. The van der Waals surface area contributed by atoms with E-state index in [1.165, 1.54) is 0 Å². The molecule has 2 aromatic rings. The van der Waals surface area contributed by atoms with Crippen molar-refractivity contribution in [3.8, 4) is 0 Å². The van der Waals surface area contributed by atoms with Gasteiger partial charge in [-0.25, -0.2) is 8.93 Å². The summed E-state index contributed by atoms with van der Waals surface area (Å²) in [5.41, 5.74) is 1.89. The fourth-order valence-electron chi connectivity index (χ4n) is 3.14. The molecule has 2 rings (SSSR count). The number of aryl methyl sites for hydroxylation is 1. The van der Waals surface area contributed by atoms with Gasteiger partial charge in [0.15, 0.2) is 14.1 Å². The van der Waals surface area contributed by atoms with E-state index < -0.39 is 38.8 Å². The zero-order valence-corrected chi connectivity index (χ0v) is 24.4. The maximum atomic E-state index is 14.2. The molecule has 3 atom stereocenters. The van der Waals surface area contributed by atoms with Crippen LogP contribution in [0.1, 0.15) is 51.8 Å². The Morgan fingerprint density at radius 2 is 1.50 bits per heavy atom. The van der Waals surface area contributed by atoms with Gasteiger partial charge in [0.2, 0.25) is 0 Å². The van der Waals surface area contributed by atoms with E-state index in [1.54, 1.807) is 26.0 Å². The second-order valence-corrected chi connectivity index (χ2v) is 17.9. The van der Waals surface area contributed by atoms with Crippen molar-refractivity contribution in [2.45, 2.75) is 76.5 Å². The predicted octanol–water partition coefficient (Wildman–Crippen LogP) is 6.96. The highest BCUT2D eigenvalue weighted by molar-refractivity contribution is 7.83. The highest BCUT2D eigenvalue weighted by Crippen LogP contribution is 2.57. The van der Waals surface area contributed by atoms with Crippen molar-refractivity contribution in [2.75, 3.05) is 13.2 Å². The Morgan fingerprint density at radius 1 is 0.971 bits per heavy atom. The Kier molecular flexibility index (Phi) is 10.5. The number of hydrogen-bond acceptors (Lipinski definition) is 5. The Morgan fingerprint density at radius 3 is 1.97 bits per heavy atom. The van der Waals surface area contributed by atoms with Gasteiger partial charge in [0.05, 0.1) is 24.2 Å². The molecule has 0 heterocycles. The van der Waals surface area contributed by atoms with Crippen LogP contribution < -0.4 is 4.72 Å². The maximum Gasteiger partial charge on any atom is 0.351 e. The topological polar surface area (TPSA) is 73.9 Å². The van der Waals surface area contributed by atoms with Gasteiger partial charge in [-0.1, -0.05) is 68.8 Å². The van der Waals surface area contributed by atoms with Crippen molar-refractivity contribution in [2.24, 2.45) is 0 Å². The van der Waals surface area contributed by atoms with E-state index in [-0.39, 0.29) is 18.3 Å². The number of rotatable bonds is 12. The van der Waals surface area contributed by atoms with Crippen molar-refractivity contribution in [1.29, 1.82) is 0 Å². The van der Waals surface area contributed by atoms with Crippen LogP contribution in [0.15, 0.2) is 59.5 Å². The van der Waals surface area contributed by atoms with Gasteiger partial charge in [-0.05, 0) is 56.6 Å². The molecular formula is C25H40NO5PSSi. The normalized spacial score (nSPS) is 15.6. The van der Waals surface area contributed by atoms with E-state index in [9.17, 15) is 8.77 Å². The molecule has 0 aliphatic carbocycles. The summed E-state index contributed by atoms with van der Waals surface area (Å²) in [6.07, 6.45) is -0.694. The molecule has 6 nitrogen and oxygen atoms in total. The lowest BCUT2D eigenvalue weighted by Crippen LogP contribution is -2.47. The lowest BCUT2D eigenvalue weighted by molar-refractivity contribution is 0.141. The zero-order chi connectivity index (χ0) is 25.6. The lowest BCUT2D eigenvalue weighted by atomic mass is 10.1. The smallest absolute Gasteiger partial charge is 0.351 e. The van der Waals surface area contributed by atoms with Gasteiger partial charge in [0.25, 0.3) is 0 Å². The van der Waals surface area contributed by atoms with Crippen LogP contribution >= 0.6 is 7.60 Å². The molecule has 0 saturated carbocycles. The fraction of sp³-hybridized carbons (Fsp3) is 0.520. The first-order valence-corrected chi connectivity index (χ1v) is 17.4. The molecule has 0 spiro atoms. The van der Waals surface area contributed by atoms with E-state index in [1.807, 2.05) is 49.4 Å². The molecular weight excluding hydrogens is 485 g/mol. The van der Waals surface area contributed by atoms with E-state index in [0.717, 1.165) is 11.1 Å². The average molecular weight is 526 g/mol. The van der Waals surface area contributed by atoms with Crippen LogP contribution in [-0.2, 0) is 29.0 Å².